The number of rotatable bonds is 1. The molecule has 1 saturated heterocycles. The molecule has 1 rings (SSSR count). The van der Waals surface area contributed by atoms with Gasteiger partial charge in [-0.25, -0.2) is 0 Å². The lowest BCUT2D eigenvalue weighted by molar-refractivity contribution is -0.0979. The molecule has 0 amide bonds. The van der Waals surface area contributed by atoms with Crippen molar-refractivity contribution in [2.75, 3.05) is 12.5 Å². The normalized spacial score (nSPS) is 25.0. The quantitative estimate of drug-likeness (QED) is 0.373. The van der Waals surface area contributed by atoms with Crippen LogP contribution in [0.2, 0.25) is 0 Å². The lowest BCUT2D eigenvalue weighted by atomic mass is 10.6. The third-order valence-electron chi connectivity index (χ3n) is 0.574. The summed E-state index contributed by atoms with van der Waals surface area (Å²) in [4.78, 5) is 8.00. The van der Waals surface area contributed by atoms with Crippen LogP contribution >= 0.6 is 11.6 Å². The molecule has 1 aliphatic rings. The molecule has 0 spiro atoms. The summed E-state index contributed by atoms with van der Waals surface area (Å²) in [6, 6.07) is 0. The van der Waals surface area contributed by atoms with E-state index in [4.69, 9.17) is 21.1 Å². The lowest BCUT2D eigenvalue weighted by Crippen LogP contribution is -1.80. The molecule has 0 N–H and O–H groups in total. The molecule has 7 heavy (non-hydrogen) atoms. The van der Waals surface area contributed by atoms with Crippen molar-refractivity contribution in [1.29, 1.82) is 0 Å². The highest BCUT2D eigenvalue weighted by atomic mass is 35.5. The molecule has 0 radical (unpaired) electrons. The Hall–Kier alpha value is -0.0800. The van der Waals surface area contributed by atoms with Crippen LogP contribution < -0.4 is 0 Å². The van der Waals surface area contributed by atoms with Crippen molar-refractivity contribution >= 4 is 18.4 Å². The van der Waals surface area contributed by atoms with E-state index in [0.717, 1.165) is 6.61 Å². The minimum Gasteiger partial charge on any atom is -0.372 e. The third-order valence-corrected chi connectivity index (χ3v) is 0.919. The Morgan fingerprint density at radius 1 is 1.86 bits per heavy atom. The van der Waals surface area contributed by atoms with Crippen molar-refractivity contribution in [2.45, 2.75) is 6.10 Å². The summed E-state index contributed by atoms with van der Waals surface area (Å²) in [6.45, 7) is 2.88. The second-order valence-corrected chi connectivity index (χ2v) is 1.42. The Kier molecular flexibility index (Phi) is 4.04. The molecule has 0 aliphatic carbocycles. The summed E-state index contributed by atoms with van der Waals surface area (Å²) >= 11 is 5.27. The number of epoxide rings is 1. The van der Waals surface area contributed by atoms with Crippen LogP contribution in [0.15, 0.2) is 0 Å². The van der Waals surface area contributed by atoms with Gasteiger partial charge >= 0.3 is 0 Å². The molecule has 3 heteroatoms. The summed E-state index contributed by atoms with van der Waals surface area (Å²) < 4.78 is 4.73. The number of ether oxygens (including phenoxy) is 1. The van der Waals surface area contributed by atoms with E-state index in [0.29, 0.717) is 12.0 Å². The van der Waals surface area contributed by atoms with Gasteiger partial charge in [-0.2, -0.15) is 0 Å². The summed E-state index contributed by atoms with van der Waals surface area (Å²) in [6.07, 6.45) is 0.400. The molecule has 1 atom stereocenters. The number of hydrogen-bond donors (Lipinski definition) is 0. The first kappa shape index (κ1) is 6.92. The first-order valence-corrected chi connectivity index (χ1v) is 2.43. The molecule has 0 aromatic heterocycles. The molecule has 1 unspecified atom stereocenters. The van der Waals surface area contributed by atoms with E-state index >= 15 is 0 Å². The fraction of sp³-hybridized carbons (Fsp3) is 0.750. The van der Waals surface area contributed by atoms with Crippen LogP contribution in [-0.2, 0) is 9.53 Å². The molecule has 0 aromatic rings. The maximum atomic E-state index is 8.00. The van der Waals surface area contributed by atoms with Gasteiger partial charge in [0, 0.05) is 0 Å². The van der Waals surface area contributed by atoms with Gasteiger partial charge in [0.25, 0.3) is 0 Å². The van der Waals surface area contributed by atoms with Crippen molar-refractivity contribution in [3.05, 3.63) is 0 Å². The van der Waals surface area contributed by atoms with E-state index in [1.807, 2.05) is 6.79 Å². The van der Waals surface area contributed by atoms with Gasteiger partial charge in [0.15, 0.2) is 0 Å². The Labute approximate surface area is 47.4 Å². The number of hydrogen-bond acceptors (Lipinski definition) is 2. The van der Waals surface area contributed by atoms with Gasteiger partial charge in [-0.1, -0.05) is 0 Å². The van der Waals surface area contributed by atoms with Crippen molar-refractivity contribution in [3.8, 4) is 0 Å². The van der Waals surface area contributed by atoms with Gasteiger partial charge in [-0.15, -0.1) is 11.6 Å². The van der Waals surface area contributed by atoms with Crippen molar-refractivity contribution in [3.63, 3.8) is 0 Å². The van der Waals surface area contributed by atoms with Crippen molar-refractivity contribution < 1.29 is 9.53 Å². The van der Waals surface area contributed by atoms with Gasteiger partial charge in [0.05, 0.1) is 18.6 Å². The van der Waals surface area contributed by atoms with Crippen LogP contribution in [0, 0.1) is 0 Å². The minimum absolute atomic E-state index is 0.400. The van der Waals surface area contributed by atoms with E-state index in [2.05, 4.69) is 0 Å². The van der Waals surface area contributed by atoms with Crippen LogP contribution in [0.4, 0.5) is 0 Å². The Morgan fingerprint density at radius 3 is 2.29 bits per heavy atom. The summed E-state index contributed by atoms with van der Waals surface area (Å²) in [5.74, 6) is 0.667. The Bertz CT molecular complexity index is 45.0. The maximum absolute atomic E-state index is 8.00. The minimum atomic E-state index is 0.400. The van der Waals surface area contributed by atoms with Crippen molar-refractivity contribution in [1.82, 2.24) is 0 Å². The highest BCUT2D eigenvalue weighted by molar-refractivity contribution is 6.18. The van der Waals surface area contributed by atoms with Gasteiger partial charge in [0.1, 0.15) is 6.79 Å². The van der Waals surface area contributed by atoms with Crippen LogP contribution in [0.1, 0.15) is 0 Å². The van der Waals surface area contributed by atoms with Gasteiger partial charge in [-0.3, -0.25) is 0 Å². The average Bonchev–Trinajstić information content (AvgIpc) is 2.52. The molecule has 1 heterocycles. The standard InChI is InChI=1S/C3H5ClO.CH2O/c4-1-3-2-5-3;1-2/h3H,1-2H2;1H2. The topological polar surface area (TPSA) is 29.6 Å². The van der Waals surface area contributed by atoms with Crippen LogP contribution in [-0.4, -0.2) is 25.4 Å². The fourth-order valence-electron chi connectivity index (χ4n) is 0.157. The number of halogens is 1. The second kappa shape index (κ2) is 4.09. The number of carbonyl (C=O) groups excluding carboxylic acids is 1. The van der Waals surface area contributed by atoms with Crippen LogP contribution in [0.5, 0.6) is 0 Å². The molecule has 1 aliphatic heterocycles. The molecular weight excluding hydrogens is 115 g/mol. The molecule has 0 bridgehead atoms. The van der Waals surface area contributed by atoms with Gasteiger partial charge < -0.3 is 9.53 Å². The molecule has 2 nitrogen and oxygen atoms in total. The van der Waals surface area contributed by atoms with Crippen LogP contribution in [0.3, 0.4) is 0 Å². The summed E-state index contributed by atoms with van der Waals surface area (Å²) in [7, 11) is 0. The zero-order valence-electron chi connectivity index (χ0n) is 3.89. The lowest BCUT2D eigenvalue weighted by Gasteiger charge is -1.67. The van der Waals surface area contributed by atoms with Crippen molar-refractivity contribution in [2.24, 2.45) is 0 Å². The van der Waals surface area contributed by atoms with E-state index in [9.17, 15) is 0 Å². The van der Waals surface area contributed by atoms with Crippen LogP contribution in [0.25, 0.3) is 0 Å². The Balaban J connectivity index is 0.000000162. The van der Waals surface area contributed by atoms with E-state index in [1.165, 1.54) is 0 Å². The monoisotopic (exact) mass is 122 g/mol. The predicted molar refractivity (Wildman–Crippen MR) is 27.6 cm³/mol. The van der Waals surface area contributed by atoms with Gasteiger partial charge in [0.2, 0.25) is 0 Å². The summed E-state index contributed by atoms with van der Waals surface area (Å²) in [5, 5.41) is 0. The number of carbonyl (C=O) groups is 1. The first-order chi connectivity index (χ1) is 3.43. The number of alkyl halides is 1. The van der Waals surface area contributed by atoms with E-state index < -0.39 is 0 Å². The highest BCUT2D eigenvalue weighted by Gasteiger charge is 2.19. The maximum Gasteiger partial charge on any atom is 0.106 e. The van der Waals surface area contributed by atoms with E-state index in [1.54, 1.807) is 0 Å². The molecular formula is C4H7ClO2. The smallest absolute Gasteiger partial charge is 0.106 e. The first-order valence-electron chi connectivity index (χ1n) is 1.90. The fourth-order valence-corrected chi connectivity index (χ4v) is 0.335. The highest BCUT2D eigenvalue weighted by Crippen LogP contribution is 2.08. The summed E-state index contributed by atoms with van der Waals surface area (Å²) in [5.41, 5.74) is 0. The zero-order valence-corrected chi connectivity index (χ0v) is 4.65. The largest absolute Gasteiger partial charge is 0.372 e. The zero-order chi connectivity index (χ0) is 5.70. The Morgan fingerprint density at radius 2 is 2.29 bits per heavy atom. The molecule has 0 aromatic carbocycles. The second-order valence-electron chi connectivity index (χ2n) is 1.11. The predicted octanol–water partition coefficient (Wildman–Crippen LogP) is 0.439. The third kappa shape index (κ3) is 3.76. The molecule has 0 saturated carbocycles. The average molecular weight is 123 g/mol. The molecule has 1 fully saturated rings. The molecule has 42 valence electrons. The van der Waals surface area contributed by atoms with Gasteiger partial charge in [-0.05, 0) is 0 Å². The SMILES string of the molecule is C=O.ClCC1CO1. The van der Waals surface area contributed by atoms with E-state index in [-0.39, 0.29) is 0 Å².